The van der Waals surface area contributed by atoms with Crippen molar-refractivity contribution in [3.63, 3.8) is 0 Å². The van der Waals surface area contributed by atoms with Gasteiger partial charge in [-0.05, 0) is 19.9 Å². The Morgan fingerprint density at radius 3 is 3.08 bits per heavy atom. The number of pyridine rings is 1. The van der Waals surface area contributed by atoms with E-state index in [9.17, 15) is 0 Å². The van der Waals surface area contributed by atoms with Gasteiger partial charge in [0.25, 0.3) is 0 Å². The Morgan fingerprint density at radius 1 is 1.69 bits per heavy atom. The lowest BCUT2D eigenvalue weighted by atomic mass is 10.1. The van der Waals surface area contributed by atoms with Crippen molar-refractivity contribution in [1.82, 2.24) is 4.98 Å². The first-order chi connectivity index (χ1) is 6.29. The van der Waals surface area contributed by atoms with Crippen LogP contribution in [0.5, 0.6) is 5.88 Å². The standard InChI is InChI=1S/C10H12N2O/c1-3-13-10-9(8(2)7-11)5-4-6-12-10/h4-6,8H,3H2,1-2H3. The van der Waals surface area contributed by atoms with E-state index >= 15 is 0 Å². The van der Waals surface area contributed by atoms with E-state index in [-0.39, 0.29) is 5.92 Å². The van der Waals surface area contributed by atoms with Crippen LogP contribution in [0.3, 0.4) is 0 Å². The third-order valence-corrected chi connectivity index (χ3v) is 1.74. The first-order valence-corrected chi connectivity index (χ1v) is 4.27. The third kappa shape index (κ3) is 2.19. The van der Waals surface area contributed by atoms with Crippen LogP contribution in [0.2, 0.25) is 0 Å². The zero-order valence-electron chi connectivity index (χ0n) is 7.82. The molecule has 0 aliphatic heterocycles. The number of ether oxygens (including phenoxy) is 1. The molecule has 1 atom stereocenters. The second-order valence-electron chi connectivity index (χ2n) is 2.68. The number of nitrogens with zero attached hydrogens (tertiary/aromatic N) is 2. The predicted molar refractivity (Wildman–Crippen MR) is 49.4 cm³/mol. The molecular formula is C10H12N2O. The van der Waals surface area contributed by atoms with Gasteiger partial charge in [-0.2, -0.15) is 5.26 Å². The summed E-state index contributed by atoms with van der Waals surface area (Å²) in [6.07, 6.45) is 1.67. The van der Waals surface area contributed by atoms with Gasteiger partial charge >= 0.3 is 0 Å². The minimum absolute atomic E-state index is 0.171. The molecule has 0 aromatic carbocycles. The van der Waals surface area contributed by atoms with Crippen molar-refractivity contribution < 1.29 is 4.74 Å². The van der Waals surface area contributed by atoms with Crippen molar-refractivity contribution >= 4 is 0 Å². The van der Waals surface area contributed by atoms with E-state index in [1.807, 2.05) is 26.0 Å². The summed E-state index contributed by atoms with van der Waals surface area (Å²) in [7, 11) is 0. The molecule has 0 bridgehead atoms. The number of hydrogen-bond acceptors (Lipinski definition) is 3. The Bertz CT molecular complexity index is 317. The van der Waals surface area contributed by atoms with Crippen molar-refractivity contribution in [3.8, 4) is 11.9 Å². The molecule has 0 aliphatic rings. The number of rotatable bonds is 3. The summed E-state index contributed by atoms with van der Waals surface area (Å²) in [4.78, 5) is 4.06. The van der Waals surface area contributed by atoms with E-state index < -0.39 is 0 Å². The maximum absolute atomic E-state index is 8.75. The summed E-state index contributed by atoms with van der Waals surface area (Å²) < 4.78 is 5.30. The maximum atomic E-state index is 8.75. The molecule has 0 aliphatic carbocycles. The molecule has 0 fully saturated rings. The molecule has 1 unspecified atom stereocenters. The van der Waals surface area contributed by atoms with Crippen molar-refractivity contribution in [2.75, 3.05) is 6.61 Å². The highest BCUT2D eigenvalue weighted by Crippen LogP contribution is 2.22. The van der Waals surface area contributed by atoms with Crippen LogP contribution in [0.15, 0.2) is 18.3 Å². The summed E-state index contributed by atoms with van der Waals surface area (Å²) in [6, 6.07) is 5.84. The Labute approximate surface area is 78.0 Å². The Hall–Kier alpha value is -1.56. The van der Waals surface area contributed by atoms with Crippen LogP contribution in [-0.4, -0.2) is 11.6 Å². The topological polar surface area (TPSA) is 45.9 Å². The molecule has 1 heterocycles. The zero-order valence-corrected chi connectivity index (χ0v) is 7.82. The Kier molecular flexibility index (Phi) is 3.27. The molecular weight excluding hydrogens is 164 g/mol. The molecule has 3 nitrogen and oxygen atoms in total. The first-order valence-electron chi connectivity index (χ1n) is 4.27. The molecule has 1 aromatic rings. The van der Waals surface area contributed by atoms with Gasteiger partial charge in [0.2, 0.25) is 5.88 Å². The minimum atomic E-state index is -0.171. The van der Waals surface area contributed by atoms with E-state index in [2.05, 4.69) is 11.1 Å². The van der Waals surface area contributed by atoms with Gasteiger partial charge in [-0.15, -0.1) is 0 Å². The van der Waals surface area contributed by atoms with E-state index in [0.717, 1.165) is 5.56 Å². The molecule has 0 saturated heterocycles. The average molecular weight is 176 g/mol. The van der Waals surface area contributed by atoms with Crippen molar-refractivity contribution in [1.29, 1.82) is 5.26 Å². The summed E-state index contributed by atoms with van der Waals surface area (Å²) in [5.74, 6) is 0.397. The molecule has 1 aromatic heterocycles. The highest BCUT2D eigenvalue weighted by Gasteiger charge is 2.10. The smallest absolute Gasteiger partial charge is 0.217 e. The van der Waals surface area contributed by atoms with Gasteiger partial charge in [-0.1, -0.05) is 6.07 Å². The highest BCUT2D eigenvalue weighted by molar-refractivity contribution is 5.32. The number of aromatic nitrogens is 1. The minimum Gasteiger partial charge on any atom is -0.478 e. The van der Waals surface area contributed by atoms with Crippen LogP contribution in [0.1, 0.15) is 25.3 Å². The predicted octanol–water partition coefficient (Wildman–Crippen LogP) is 2.11. The van der Waals surface area contributed by atoms with Crippen molar-refractivity contribution in [2.24, 2.45) is 0 Å². The average Bonchev–Trinajstić information content (AvgIpc) is 2.18. The molecule has 68 valence electrons. The lowest BCUT2D eigenvalue weighted by Gasteiger charge is -2.08. The van der Waals surface area contributed by atoms with Crippen LogP contribution in [-0.2, 0) is 0 Å². The fourth-order valence-corrected chi connectivity index (χ4v) is 1.06. The summed E-state index contributed by atoms with van der Waals surface area (Å²) in [5.41, 5.74) is 0.854. The third-order valence-electron chi connectivity index (χ3n) is 1.74. The van der Waals surface area contributed by atoms with E-state index in [1.165, 1.54) is 0 Å². The van der Waals surface area contributed by atoms with Crippen LogP contribution >= 0.6 is 0 Å². The quantitative estimate of drug-likeness (QED) is 0.708. The lowest BCUT2D eigenvalue weighted by Crippen LogP contribution is -2.00. The highest BCUT2D eigenvalue weighted by atomic mass is 16.5. The monoisotopic (exact) mass is 176 g/mol. The van der Waals surface area contributed by atoms with Gasteiger partial charge in [0.15, 0.2) is 0 Å². The second-order valence-corrected chi connectivity index (χ2v) is 2.68. The van der Waals surface area contributed by atoms with Gasteiger partial charge in [-0.25, -0.2) is 4.98 Å². The second kappa shape index (κ2) is 4.46. The van der Waals surface area contributed by atoms with Crippen LogP contribution in [0.4, 0.5) is 0 Å². The SMILES string of the molecule is CCOc1ncccc1C(C)C#N. The fraction of sp³-hybridized carbons (Fsp3) is 0.400. The van der Waals surface area contributed by atoms with Crippen molar-refractivity contribution in [2.45, 2.75) is 19.8 Å². The van der Waals surface area contributed by atoms with Gasteiger partial charge in [0.1, 0.15) is 0 Å². The summed E-state index contributed by atoms with van der Waals surface area (Å²) in [6.45, 7) is 4.30. The Morgan fingerprint density at radius 2 is 2.46 bits per heavy atom. The molecule has 0 saturated carbocycles. The van der Waals surface area contributed by atoms with Gasteiger partial charge in [-0.3, -0.25) is 0 Å². The maximum Gasteiger partial charge on any atom is 0.217 e. The van der Waals surface area contributed by atoms with Gasteiger partial charge in [0, 0.05) is 11.8 Å². The Balaban J connectivity index is 2.98. The number of hydrogen-bond donors (Lipinski definition) is 0. The molecule has 0 radical (unpaired) electrons. The van der Waals surface area contributed by atoms with E-state index in [4.69, 9.17) is 10.00 Å². The van der Waals surface area contributed by atoms with Crippen LogP contribution < -0.4 is 4.74 Å². The normalized spacial score (nSPS) is 11.8. The molecule has 1 rings (SSSR count). The molecule has 0 amide bonds. The van der Waals surface area contributed by atoms with E-state index in [0.29, 0.717) is 12.5 Å². The molecule has 13 heavy (non-hydrogen) atoms. The van der Waals surface area contributed by atoms with Gasteiger partial charge < -0.3 is 4.74 Å². The summed E-state index contributed by atoms with van der Waals surface area (Å²) in [5, 5.41) is 8.75. The zero-order chi connectivity index (χ0) is 9.68. The largest absolute Gasteiger partial charge is 0.478 e. The lowest BCUT2D eigenvalue weighted by molar-refractivity contribution is 0.322. The van der Waals surface area contributed by atoms with Crippen LogP contribution in [0.25, 0.3) is 0 Å². The first kappa shape index (κ1) is 9.53. The molecule has 3 heteroatoms. The van der Waals surface area contributed by atoms with Gasteiger partial charge in [0.05, 0.1) is 18.6 Å². The van der Waals surface area contributed by atoms with Crippen molar-refractivity contribution in [3.05, 3.63) is 23.9 Å². The van der Waals surface area contributed by atoms with E-state index in [1.54, 1.807) is 6.20 Å². The number of nitriles is 1. The fourth-order valence-electron chi connectivity index (χ4n) is 1.06. The molecule has 0 N–H and O–H groups in total. The summed E-state index contributed by atoms with van der Waals surface area (Å²) >= 11 is 0. The van der Waals surface area contributed by atoms with Crippen LogP contribution in [0, 0.1) is 11.3 Å². The molecule has 0 spiro atoms.